The van der Waals surface area contributed by atoms with E-state index in [9.17, 15) is 18.0 Å². The standard InChI is InChI=1S/C21H28ClN3O4S/c22-17-7-5-15(6-8-17)21(27)25-11-3-4-16(12-25)20(26)23-18-13-30(28,29)14-19(18)24-9-1-2-10-24/h5-8,16,18-19H,1-4,9-14H2,(H,23,26). The second-order valence-electron chi connectivity index (χ2n) is 8.60. The quantitative estimate of drug-likeness (QED) is 0.747. The molecule has 3 aliphatic rings. The number of nitrogens with one attached hydrogen (secondary N) is 1. The Hall–Kier alpha value is -1.64. The molecule has 3 aliphatic heterocycles. The lowest BCUT2D eigenvalue weighted by Crippen LogP contribution is -2.53. The van der Waals surface area contributed by atoms with E-state index in [1.807, 2.05) is 0 Å². The van der Waals surface area contributed by atoms with Gasteiger partial charge < -0.3 is 10.2 Å². The van der Waals surface area contributed by atoms with E-state index in [0.29, 0.717) is 30.1 Å². The van der Waals surface area contributed by atoms with Crippen LogP contribution < -0.4 is 5.32 Å². The monoisotopic (exact) mass is 453 g/mol. The Bertz CT molecular complexity index is 899. The van der Waals surface area contributed by atoms with Crippen LogP contribution in [0, 0.1) is 5.92 Å². The van der Waals surface area contributed by atoms with Crippen LogP contribution in [0.3, 0.4) is 0 Å². The highest BCUT2D eigenvalue weighted by Gasteiger charge is 2.43. The Morgan fingerprint density at radius 1 is 1.00 bits per heavy atom. The number of carbonyl (C=O) groups is 2. The molecule has 3 unspecified atom stereocenters. The van der Waals surface area contributed by atoms with Crippen LogP contribution in [0.5, 0.6) is 0 Å². The summed E-state index contributed by atoms with van der Waals surface area (Å²) in [6, 6.07) is 6.24. The summed E-state index contributed by atoms with van der Waals surface area (Å²) in [5.74, 6) is -0.459. The third-order valence-corrected chi connectivity index (χ3v) is 8.40. The first-order chi connectivity index (χ1) is 14.3. The first kappa shape index (κ1) is 21.6. The number of sulfone groups is 1. The van der Waals surface area contributed by atoms with Crippen molar-refractivity contribution in [3.05, 3.63) is 34.9 Å². The lowest BCUT2D eigenvalue weighted by atomic mass is 9.95. The van der Waals surface area contributed by atoms with Gasteiger partial charge in [0.2, 0.25) is 5.91 Å². The van der Waals surface area contributed by atoms with Gasteiger partial charge in [-0.2, -0.15) is 0 Å². The molecule has 0 radical (unpaired) electrons. The number of amides is 2. The molecule has 1 aromatic rings. The first-order valence-electron chi connectivity index (χ1n) is 10.6. The Morgan fingerprint density at radius 3 is 2.40 bits per heavy atom. The van der Waals surface area contributed by atoms with Gasteiger partial charge in [0, 0.05) is 29.7 Å². The molecule has 3 heterocycles. The maximum Gasteiger partial charge on any atom is 0.253 e. The SMILES string of the molecule is O=C(NC1CS(=O)(=O)CC1N1CCCC1)C1CCCN(C(=O)c2ccc(Cl)cc2)C1. The second kappa shape index (κ2) is 8.85. The van der Waals surface area contributed by atoms with Crippen molar-refractivity contribution in [2.45, 2.75) is 37.8 Å². The smallest absolute Gasteiger partial charge is 0.253 e. The minimum Gasteiger partial charge on any atom is -0.350 e. The van der Waals surface area contributed by atoms with Crippen LogP contribution in [0.4, 0.5) is 0 Å². The van der Waals surface area contributed by atoms with Gasteiger partial charge in [-0.05, 0) is 63.0 Å². The number of rotatable bonds is 4. The van der Waals surface area contributed by atoms with E-state index in [1.165, 1.54) is 0 Å². The number of hydrogen-bond acceptors (Lipinski definition) is 5. The predicted molar refractivity (Wildman–Crippen MR) is 115 cm³/mol. The lowest BCUT2D eigenvalue weighted by molar-refractivity contribution is -0.127. The Labute approximate surface area is 182 Å². The van der Waals surface area contributed by atoms with Crippen molar-refractivity contribution in [2.75, 3.05) is 37.7 Å². The van der Waals surface area contributed by atoms with Crippen molar-refractivity contribution < 1.29 is 18.0 Å². The van der Waals surface area contributed by atoms with Gasteiger partial charge in [0.1, 0.15) is 0 Å². The minimum absolute atomic E-state index is 0.0000459. The molecule has 1 N–H and O–H groups in total. The van der Waals surface area contributed by atoms with Gasteiger partial charge in [0.15, 0.2) is 9.84 Å². The number of piperidine rings is 1. The molecule has 4 rings (SSSR count). The highest BCUT2D eigenvalue weighted by atomic mass is 35.5. The normalized spacial score (nSPS) is 29.1. The molecule has 0 aromatic heterocycles. The fraction of sp³-hybridized carbons (Fsp3) is 0.619. The van der Waals surface area contributed by atoms with Crippen LogP contribution in [-0.2, 0) is 14.6 Å². The highest BCUT2D eigenvalue weighted by molar-refractivity contribution is 7.91. The number of halogens is 1. The number of carbonyl (C=O) groups excluding carboxylic acids is 2. The fourth-order valence-electron chi connectivity index (χ4n) is 4.85. The molecule has 3 atom stereocenters. The van der Waals surface area contributed by atoms with Gasteiger partial charge in [-0.3, -0.25) is 14.5 Å². The van der Waals surface area contributed by atoms with E-state index >= 15 is 0 Å². The van der Waals surface area contributed by atoms with Crippen molar-refractivity contribution in [1.82, 2.24) is 15.1 Å². The average Bonchev–Trinajstić information content (AvgIpc) is 3.35. The number of benzene rings is 1. The third-order valence-electron chi connectivity index (χ3n) is 6.43. The molecule has 164 valence electrons. The topological polar surface area (TPSA) is 86.8 Å². The molecule has 7 nitrogen and oxygen atoms in total. The van der Waals surface area contributed by atoms with Crippen molar-refractivity contribution in [1.29, 1.82) is 0 Å². The van der Waals surface area contributed by atoms with Crippen LogP contribution in [0.2, 0.25) is 5.02 Å². The molecular formula is C21H28ClN3O4S. The molecule has 3 saturated heterocycles. The molecule has 30 heavy (non-hydrogen) atoms. The molecule has 0 saturated carbocycles. The molecule has 9 heteroatoms. The summed E-state index contributed by atoms with van der Waals surface area (Å²) < 4.78 is 24.5. The van der Waals surface area contributed by atoms with E-state index in [1.54, 1.807) is 29.2 Å². The molecule has 0 spiro atoms. The second-order valence-corrected chi connectivity index (χ2v) is 11.2. The van der Waals surface area contributed by atoms with Gasteiger partial charge in [-0.15, -0.1) is 0 Å². The maximum absolute atomic E-state index is 13.0. The van der Waals surface area contributed by atoms with Crippen LogP contribution in [-0.4, -0.2) is 79.8 Å². The van der Waals surface area contributed by atoms with Crippen LogP contribution in [0.25, 0.3) is 0 Å². The largest absolute Gasteiger partial charge is 0.350 e. The molecule has 0 aliphatic carbocycles. The van der Waals surface area contributed by atoms with Gasteiger partial charge >= 0.3 is 0 Å². The summed E-state index contributed by atoms with van der Waals surface area (Å²) in [6.07, 6.45) is 3.59. The van der Waals surface area contributed by atoms with E-state index < -0.39 is 9.84 Å². The molecule has 1 aromatic carbocycles. The van der Waals surface area contributed by atoms with E-state index in [0.717, 1.165) is 32.4 Å². The van der Waals surface area contributed by atoms with Gasteiger partial charge in [-0.25, -0.2) is 8.42 Å². The van der Waals surface area contributed by atoms with Crippen molar-refractivity contribution in [3.63, 3.8) is 0 Å². The fourth-order valence-corrected chi connectivity index (χ4v) is 6.93. The van der Waals surface area contributed by atoms with Crippen LogP contribution in [0.1, 0.15) is 36.0 Å². The zero-order chi connectivity index (χ0) is 21.3. The maximum atomic E-state index is 13.0. The van der Waals surface area contributed by atoms with Crippen molar-refractivity contribution in [2.24, 2.45) is 5.92 Å². The molecule has 2 amide bonds. The number of nitrogens with zero attached hydrogens (tertiary/aromatic N) is 2. The zero-order valence-electron chi connectivity index (χ0n) is 16.9. The van der Waals surface area contributed by atoms with E-state index in [4.69, 9.17) is 11.6 Å². The molecule has 3 fully saturated rings. The highest BCUT2D eigenvalue weighted by Crippen LogP contribution is 2.25. The van der Waals surface area contributed by atoms with E-state index in [-0.39, 0.29) is 41.3 Å². The third kappa shape index (κ3) is 4.81. The number of likely N-dealkylation sites (tertiary alicyclic amines) is 2. The summed E-state index contributed by atoms with van der Waals surface area (Å²) in [4.78, 5) is 29.7. The van der Waals surface area contributed by atoms with Crippen molar-refractivity contribution >= 4 is 33.3 Å². The van der Waals surface area contributed by atoms with Crippen LogP contribution >= 0.6 is 11.6 Å². The summed E-state index contributed by atoms with van der Waals surface area (Å²) in [5.41, 5.74) is 0.552. The molecular weight excluding hydrogens is 426 g/mol. The Kier molecular flexibility index (Phi) is 6.36. The minimum atomic E-state index is -3.15. The predicted octanol–water partition coefficient (Wildman–Crippen LogP) is 1.57. The van der Waals surface area contributed by atoms with Crippen LogP contribution in [0.15, 0.2) is 24.3 Å². The lowest BCUT2D eigenvalue weighted by Gasteiger charge is -2.34. The summed E-state index contributed by atoms with van der Waals surface area (Å²) in [5, 5.41) is 3.59. The summed E-state index contributed by atoms with van der Waals surface area (Å²) in [7, 11) is -3.15. The van der Waals surface area contributed by atoms with Gasteiger partial charge in [-0.1, -0.05) is 11.6 Å². The van der Waals surface area contributed by atoms with Crippen molar-refractivity contribution in [3.8, 4) is 0 Å². The Morgan fingerprint density at radius 2 is 1.70 bits per heavy atom. The van der Waals surface area contributed by atoms with E-state index in [2.05, 4.69) is 10.2 Å². The number of hydrogen-bond donors (Lipinski definition) is 1. The zero-order valence-corrected chi connectivity index (χ0v) is 18.5. The first-order valence-corrected chi connectivity index (χ1v) is 12.8. The van der Waals surface area contributed by atoms with Gasteiger partial charge in [0.05, 0.1) is 23.5 Å². The molecule has 0 bridgehead atoms. The summed E-state index contributed by atoms with van der Waals surface area (Å²) >= 11 is 5.90. The average molecular weight is 454 g/mol. The van der Waals surface area contributed by atoms with Gasteiger partial charge in [0.25, 0.3) is 5.91 Å². The Balaban J connectivity index is 1.40. The summed E-state index contributed by atoms with van der Waals surface area (Å²) in [6.45, 7) is 2.74.